The Morgan fingerprint density at radius 2 is 1.88 bits per heavy atom. The molecular formula is C17H18ClN3O4. The predicted molar refractivity (Wildman–Crippen MR) is 91.3 cm³/mol. The van der Waals surface area contributed by atoms with Crippen LogP contribution in [0.1, 0.15) is 24.3 Å². The molecule has 0 unspecified atom stereocenters. The van der Waals surface area contributed by atoms with Crippen molar-refractivity contribution >= 4 is 35.1 Å². The number of nitrogens with zero attached hydrogens (tertiary/aromatic N) is 3. The van der Waals surface area contributed by atoms with Crippen molar-refractivity contribution in [1.29, 1.82) is 0 Å². The van der Waals surface area contributed by atoms with Crippen LogP contribution in [0, 0.1) is 5.92 Å². The highest BCUT2D eigenvalue weighted by molar-refractivity contribution is 6.39. The lowest BCUT2D eigenvalue weighted by molar-refractivity contribution is -0.141. The zero-order valence-corrected chi connectivity index (χ0v) is 14.4. The second kappa shape index (κ2) is 6.84. The summed E-state index contributed by atoms with van der Waals surface area (Å²) in [7, 11) is 1.51. The number of hydrogen-bond acceptors (Lipinski definition) is 4. The smallest absolute Gasteiger partial charge is 0.308 e. The fraction of sp³-hybridized carbons (Fsp3) is 0.412. The molecule has 1 aromatic carbocycles. The standard InChI is InChI=1S/C17H18ClN3O4/c1-20-15(22)7-6-14(19-20)16(23)21-8-12(13(9-21)17(24)25)10-2-4-11(18)5-3-10/h2-5,12-13H,6-9H2,1H3,(H,24,25)/t12-,13+/m0/s1. The molecule has 2 amide bonds. The van der Waals surface area contributed by atoms with Crippen molar-refractivity contribution in [3.05, 3.63) is 34.9 Å². The second-order valence-electron chi connectivity index (χ2n) is 6.28. The van der Waals surface area contributed by atoms with Crippen molar-refractivity contribution in [2.24, 2.45) is 11.0 Å². The van der Waals surface area contributed by atoms with E-state index >= 15 is 0 Å². The van der Waals surface area contributed by atoms with E-state index in [1.54, 1.807) is 24.3 Å². The molecule has 1 saturated heterocycles. The molecule has 0 bridgehead atoms. The van der Waals surface area contributed by atoms with Crippen molar-refractivity contribution in [2.75, 3.05) is 20.1 Å². The Balaban J connectivity index is 1.81. The summed E-state index contributed by atoms with van der Waals surface area (Å²) in [6.07, 6.45) is 0.514. The van der Waals surface area contributed by atoms with E-state index in [2.05, 4.69) is 5.10 Å². The number of benzene rings is 1. The normalized spacial score (nSPS) is 23.6. The lowest BCUT2D eigenvalue weighted by Gasteiger charge is -2.22. The van der Waals surface area contributed by atoms with Gasteiger partial charge in [0.05, 0.1) is 5.92 Å². The van der Waals surface area contributed by atoms with E-state index < -0.39 is 11.9 Å². The van der Waals surface area contributed by atoms with E-state index in [-0.39, 0.29) is 37.1 Å². The topological polar surface area (TPSA) is 90.3 Å². The van der Waals surface area contributed by atoms with Gasteiger partial charge in [0.25, 0.3) is 5.91 Å². The Bertz CT molecular complexity index is 747. The van der Waals surface area contributed by atoms with Crippen LogP contribution in [0.2, 0.25) is 5.02 Å². The highest BCUT2D eigenvalue weighted by Crippen LogP contribution is 2.34. The van der Waals surface area contributed by atoms with Gasteiger partial charge in [-0.05, 0) is 17.7 Å². The number of likely N-dealkylation sites (tertiary alicyclic amines) is 1. The molecule has 2 aliphatic heterocycles. The summed E-state index contributed by atoms with van der Waals surface area (Å²) in [6, 6.07) is 7.01. The van der Waals surface area contributed by atoms with Crippen LogP contribution in [-0.2, 0) is 14.4 Å². The van der Waals surface area contributed by atoms with Crippen LogP contribution in [0.4, 0.5) is 0 Å². The van der Waals surface area contributed by atoms with Crippen molar-refractivity contribution in [3.8, 4) is 0 Å². The molecule has 0 aromatic heterocycles. The number of carbonyl (C=O) groups is 3. The maximum absolute atomic E-state index is 12.7. The molecular weight excluding hydrogens is 346 g/mol. The Hall–Kier alpha value is -2.41. The molecule has 7 nitrogen and oxygen atoms in total. The van der Waals surface area contributed by atoms with Gasteiger partial charge in [-0.1, -0.05) is 23.7 Å². The molecule has 3 rings (SSSR count). The largest absolute Gasteiger partial charge is 0.481 e. The van der Waals surface area contributed by atoms with E-state index in [1.807, 2.05) is 0 Å². The quantitative estimate of drug-likeness (QED) is 0.882. The van der Waals surface area contributed by atoms with Crippen LogP contribution >= 0.6 is 11.6 Å². The van der Waals surface area contributed by atoms with Crippen LogP contribution in [0.25, 0.3) is 0 Å². The molecule has 0 radical (unpaired) electrons. The van der Waals surface area contributed by atoms with E-state index in [0.717, 1.165) is 10.6 Å². The van der Waals surface area contributed by atoms with Crippen molar-refractivity contribution in [3.63, 3.8) is 0 Å². The highest BCUT2D eigenvalue weighted by atomic mass is 35.5. The zero-order chi connectivity index (χ0) is 18.1. The van der Waals surface area contributed by atoms with Gasteiger partial charge < -0.3 is 10.0 Å². The van der Waals surface area contributed by atoms with Gasteiger partial charge in [0.2, 0.25) is 5.91 Å². The first kappa shape index (κ1) is 17.4. The molecule has 8 heteroatoms. The van der Waals surface area contributed by atoms with Gasteiger partial charge in [0.15, 0.2) is 0 Å². The van der Waals surface area contributed by atoms with Gasteiger partial charge in [-0.2, -0.15) is 5.10 Å². The van der Waals surface area contributed by atoms with Crippen LogP contribution in [0.3, 0.4) is 0 Å². The number of halogens is 1. The van der Waals surface area contributed by atoms with Crippen molar-refractivity contribution < 1.29 is 19.5 Å². The summed E-state index contributed by atoms with van der Waals surface area (Å²) < 4.78 is 0. The third-order valence-corrected chi connectivity index (χ3v) is 4.93. The van der Waals surface area contributed by atoms with Crippen molar-refractivity contribution in [2.45, 2.75) is 18.8 Å². The summed E-state index contributed by atoms with van der Waals surface area (Å²) in [5.74, 6) is -2.37. The molecule has 2 aliphatic rings. The number of hydrogen-bond donors (Lipinski definition) is 1. The van der Waals surface area contributed by atoms with Gasteiger partial charge in [-0.3, -0.25) is 14.4 Å². The second-order valence-corrected chi connectivity index (χ2v) is 6.71. The Morgan fingerprint density at radius 3 is 2.48 bits per heavy atom. The molecule has 1 N–H and O–H groups in total. The summed E-state index contributed by atoms with van der Waals surface area (Å²) in [4.78, 5) is 37.3. The molecule has 2 heterocycles. The lowest BCUT2D eigenvalue weighted by atomic mass is 9.89. The zero-order valence-electron chi connectivity index (χ0n) is 13.7. The summed E-state index contributed by atoms with van der Waals surface area (Å²) in [5, 5.41) is 15.3. The van der Waals surface area contributed by atoms with Gasteiger partial charge in [-0.15, -0.1) is 0 Å². The third-order valence-electron chi connectivity index (χ3n) is 4.68. The summed E-state index contributed by atoms with van der Waals surface area (Å²) >= 11 is 5.89. The number of carboxylic acids is 1. The molecule has 0 spiro atoms. The van der Waals surface area contributed by atoms with Crippen LogP contribution in [-0.4, -0.2) is 58.6 Å². The monoisotopic (exact) mass is 363 g/mol. The number of aliphatic carboxylic acids is 1. The Labute approximate surface area is 149 Å². The van der Waals surface area contributed by atoms with Gasteiger partial charge in [0, 0.05) is 43.9 Å². The highest BCUT2D eigenvalue weighted by Gasteiger charge is 2.41. The molecule has 1 aromatic rings. The number of amides is 2. The minimum atomic E-state index is -0.937. The Morgan fingerprint density at radius 1 is 1.20 bits per heavy atom. The van der Waals surface area contributed by atoms with Gasteiger partial charge in [0.1, 0.15) is 5.71 Å². The molecule has 0 aliphatic carbocycles. The maximum Gasteiger partial charge on any atom is 0.308 e. The van der Waals surface area contributed by atoms with Gasteiger partial charge >= 0.3 is 5.97 Å². The average molecular weight is 364 g/mol. The lowest BCUT2D eigenvalue weighted by Crippen LogP contribution is -2.40. The van der Waals surface area contributed by atoms with Gasteiger partial charge in [-0.25, -0.2) is 5.01 Å². The summed E-state index contributed by atoms with van der Waals surface area (Å²) in [6.45, 7) is 0.423. The number of carbonyl (C=O) groups excluding carboxylic acids is 2. The first-order chi connectivity index (χ1) is 11.9. The van der Waals surface area contributed by atoms with Crippen LogP contribution in [0.5, 0.6) is 0 Å². The predicted octanol–water partition coefficient (Wildman–Crippen LogP) is 1.57. The molecule has 1 fully saturated rings. The maximum atomic E-state index is 12.7. The van der Waals surface area contributed by atoms with Crippen LogP contribution in [0.15, 0.2) is 29.4 Å². The fourth-order valence-electron chi connectivity index (χ4n) is 3.27. The number of hydrazone groups is 1. The van der Waals surface area contributed by atoms with Crippen LogP contribution < -0.4 is 0 Å². The first-order valence-corrected chi connectivity index (χ1v) is 8.36. The van der Waals surface area contributed by atoms with E-state index in [0.29, 0.717) is 17.3 Å². The van der Waals surface area contributed by atoms with Crippen molar-refractivity contribution in [1.82, 2.24) is 9.91 Å². The number of rotatable bonds is 3. The number of carboxylic acid groups (broad SMARTS) is 1. The first-order valence-electron chi connectivity index (χ1n) is 7.98. The van der Waals surface area contributed by atoms with E-state index in [4.69, 9.17) is 11.6 Å². The molecule has 132 valence electrons. The molecule has 0 saturated carbocycles. The SMILES string of the molecule is CN1N=C(C(=O)N2C[C@@H](C(=O)O)[C@H](c3ccc(Cl)cc3)C2)CCC1=O. The summed E-state index contributed by atoms with van der Waals surface area (Å²) in [5.41, 5.74) is 1.13. The minimum Gasteiger partial charge on any atom is -0.481 e. The average Bonchev–Trinajstić information content (AvgIpc) is 3.03. The van der Waals surface area contributed by atoms with E-state index in [1.165, 1.54) is 11.9 Å². The molecule has 25 heavy (non-hydrogen) atoms. The molecule has 2 atom stereocenters. The fourth-order valence-corrected chi connectivity index (χ4v) is 3.40. The third kappa shape index (κ3) is 3.51. The van der Waals surface area contributed by atoms with E-state index in [9.17, 15) is 19.5 Å². The minimum absolute atomic E-state index is 0.123. The Kier molecular flexibility index (Phi) is 4.76.